The van der Waals surface area contributed by atoms with Crippen LogP contribution >= 0.6 is 23.2 Å². The third-order valence-electron chi connectivity index (χ3n) is 2.42. The van der Waals surface area contributed by atoms with Gasteiger partial charge in [-0.3, -0.25) is 0 Å². The summed E-state index contributed by atoms with van der Waals surface area (Å²) < 4.78 is 10.5. The summed E-state index contributed by atoms with van der Waals surface area (Å²) in [6.45, 7) is 5.35. The van der Waals surface area contributed by atoms with Crippen LogP contribution in [0.2, 0.25) is 5.02 Å². The number of esters is 1. The lowest BCUT2D eigenvalue weighted by atomic mass is 10.1. The molecule has 2 unspecified atom stereocenters. The van der Waals surface area contributed by atoms with E-state index in [1.165, 1.54) is 0 Å². The molecule has 0 bridgehead atoms. The van der Waals surface area contributed by atoms with Gasteiger partial charge in [0.25, 0.3) is 5.06 Å². The van der Waals surface area contributed by atoms with Gasteiger partial charge in [0, 0.05) is 5.02 Å². The second kappa shape index (κ2) is 4.41. The van der Waals surface area contributed by atoms with Gasteiger partial charge in [-0.1, -0.05) is 35.3 Å². The Labute approximate surface area is 116 Å². The van der Waals surface area contributed by atoms with Gasteiger partial charge in [0.2, 0.25) is 0 Å². The lowest BCUT2D eigenvalue weighted by Gasteiger charge is -2.20. The van der Waals surface area contributed by atoms with E-state index in [-0.39, 0.29) is 0 Å². The van der Waals surface area contributed by atoms with Gasteiger partial charge in [0.15, 0.2) is 0 Å². The fraction of sp³-hybridized carbons (Fsp3) is 0.462. The quantitative estimate of drug-likeness (QED) is 0.473. The van der Waals surface area contributed by atoms with E-state index in [1.54, 1.807) is 45.0 Å². The molecule has 0 aromatic heterocycles. The van der Waals surface area contributed by atoms with E-state index in [1.807, 2.05) is 0 Å². The van der Waals surface area contributed by atoms with Gasteiger partial charge in [-0.15, -0.1) is 0 Å². The molecule has 0 radical (unpaired) electrons. The van der Waals surface area contributed by atoms with Crippen LogP contribution in [0.4, 0.5) is 0 Å². The maximum atomic E-state index is 11.9. The van der Waals surface area contributed by atoms with Crippen LogP contribution in [0.15, 0.2) is 24.3 Å². The summed E-state index contributed by atoms with van der Waals surface area (Å²) in [7, 11) is 0. The number of rotatable bonds is 2. The maximum absolute atomic E-state index is 11.9. The van der Waals surface area contributed by atoms with Crippen LogP contribution in [0.3, 0.4) is 0 Å². The molecule has 3 nitrogen and oxygen atoms in total. The highest BCUT2D eigenvalue weighted by Crippen LogP contribution is 2.54. The van der Waals surface area contributed by atoms with Crippen molar-refractivity contribution in [3.63, 3.8) is 0 Å². The lowest BCUT2D eigenvalue weighted by Crippen LogP contribution is -2.31. The molecular formula is C13H14Cl2O3. The van der Waals surface area contributed by atoms with Crippen LogP contribution in [0.5, 0.6) is 0 Å². The molecule has 18 heavy (non-hydrogen) atoms. The first-order valence-corrected chi connectivity index (χ1v) is 6.33. The van der Waals surface area contributed by atoms with Crippen molar-refractivity contribution >= 4 is 29.2 Å². The SMILES string of the molecule is CC(C)(C)OC(=O)C1(Cl)OC1c1ccc(Cl)cc1. The van der Waals surface area contributed by atoms with Crippen molar-refractivity contribution in [2.24, 2.45) is 0 Å². The average Bonchev–Trinajstić information content (AvgIpc) is 2.91. The van der Waals surface area contributed by atoms with Gasteiger partial charge in [-0.05, 0) is 38.5 Å². The number of hydrogen-bond acceptors (Lipinski definition) is 3. The molecule has 98 valence electrons. The number of hydrogen-bond donors (Lipinski definition) is 0. The number of ether oxygens (including phenoxy) is 2. The zero-order valence-electron chi connectivity index (χ0n) is 10.4. The fourth-order valence-corrected chi connectivity index (χ4v) is 1.94. The van der Waals surface area contributed by atoms with Gasteiger partial charge in [-0.2, -0.15) is 0 Å². The standard InChI is InChI=1S/C13H14Cl2O3/c1-12(2,3)18-11(16)13(15)10(17-13)8-4-6-9(14)7-5-8/h4-7,10H,1-3H3. The van der Waals surface area contributed by atoms with Crippen molar-refractivity contribution in [1.29, 1.82) is 0 Å². The fourth-order valence-electron chi connectivity index (χ4n) is 1.56. The smallest absolute Gasteiger partial charge is 0.358 e. The van der Waals surface area contributed by atoms with Crippen LogP contribution in [0.1, 0.15) is 32.4 Å². The van der Waals surface area contributed by atoms with Gasteiger partial charge >= 0.3 is 5.97 Å². The zero-order valence-corrected chi connectivity index (χ0v) is 11.9. The van der Waals surface area contributed by atoms with E-state index in [0.717, 1.165) is 5.56 Å². The van der Waals surface area contributed by atoms with Crippen LogP contribution in [0, 0.1) is 0 Å². The molecule has 1 aliphatic heterocycles. The lowest BCUT2D eigenvalue weighted by molar-refractivity contribution is -0.158. The van der Waals surface area contributed by atoms with Crippen LogP contribution < -0.4 is 0 Å². The van der Waals surface area contributed by atoms with Gasteiger partial charge < -0.3 is 9.47 Å². The third-order valence-corrected chi connectivity index (χ3v) is 3.11. The molecule has 1 aromatic carbocycles. The molecule has 0 amide bonds. The molecule has 0 N–H and O–H groups in total. The molecule has 1 saturated heterocycles. The van der Waals surface area contributed by atoms with E-state index in [4.69, 9.17) is 32.7 Å². The number of epoxide rings is 1. The average molecular weight is 289 g/mol. The minimum absolute atomic E-state index is 0.480. The summed E-state index contributed by atoms with van der Waals surface area (Å²) in [6.07, 6.45) is -0.480. The topological polar surface area (TPSA) is 38.8 Å². The molecule has 0 saturated carbocycles. The van der Waals surface area contributed by atoms with Crippen LogP contribution in [-0.2, 0) is 14.3 Å². The van der Waals surface area contributed by atoms with Gasteiger partial charge in [0.05, 0.1) is 0 Å². The molecule has 0 aliphatic carbocycles. The van der Waals surface area contributed by atoms with E-state index >= 15 is 0 Å². The third kappa shape index (κ3) is 2.79. The molecule has 0 spiro atoms. The number of halogens is 2. The highest BCUT2D eigenvalue weighted by Gasteiger charge is 2.64. The Balaban J connectivity index is 2.08. The number of benzene rings is 1. The molecule has 1 aromatic rings. The van der Waals surface area contributed by atoms with Crippen molar-refractivity contribution in [2.45, 2.75) is 37.5 Å². The first-order valence-electron chi connectivity index (χ1n) is 5.58. The summed E-state index contributed by atoms with van der Waals surface area (Å²) >= 11 is 11.9. The molecular weight excluding hydrogens is 275 g/mol. The van der Waals surface area contributed by atoms with E-state index in [0.29, 0.717) is 5.02 Å². The predicted molar refractivity (Wildman–Crippen MR) is 69.7 cm³/mol. The molecule has 5 heteroatoms. The Morgan fingerprint density at radius 2 is 1.89 bits per heavy atom. The number of carbonyl (C=O) groups excluding carboxylic acids is 1. The van der Waals surface area contributed by atoms with Crippen molar-refractivity contribution in [1.82, 2.24) is 0 Å². The summed E-state index contributed by atoms with van der Waals surface area (Å²) in [5.41, 5.74) is 0.218. The van der Waals surface area contributed by atoms with Crippen LogP contribution in [-0.4, -0.2) is 16.6 Å². The second-order valence-electron chi connectivity index (χ2n) is 5.20. The predicted octanol–water partition coefficient (Wildman–Crippen LogP) is 3.69. The van der Waals surface area contributed by atoms with Crippen molar-refractivity contribution < 1.29 is 14.3 Å². The minimum Gasteiger partial charge on any atom is -0.457 e. The minimum atomic E-state index is -1.40. The van der Waals surface area contributed by atoms with Crippen molar-refractivity contribution in [3.8, 4) is 0 Å². The molecule has 1 fully saturated rings. The number of alkyl halides is 1. The Kier molecular flexibility index (Phi) is 3.34. The van der Waals surface area contributed by atoms with Crippen LogP contribution in [0.25, 0.3) is 0 Å². The first kappa shape index (κ1) is 13.7. The molecule has 1 heterocycles. The molecule has 1 aliphatic rings. The summed E-state index contributed by atoms with van der Waals surface area (Å²) in [6, 6.07) is 7.01. The summed E-state index contributed by atoms with van der Waals surface area (Å²) in [4.78, 5) is 11.9. The Morgan fingerprint density at radius 3 is 2.39 bits per heavy atom. The normalized spacial score (nSPS) is 26.8. The van der Waals surface area contributed by atoms with E-state index in [2.05, 4.69) is 0 Å². The highest BCUT2D eigenvalue weighted by atomic mass is 35.5. The van der Waals surface area contributed by atoms with Gasteiger partial charge in [-0.25, -0.2) is 4.79 Å². The summed E-state index contributed by atoms with van der Waals surface area (Å²) in [5.74, 6) is -0.559. The van der Waals surface area contributed by atoms with Gasteiger partial charge in [0.1, 0.15) is 11.7 Å². The first-order chi connectivity index (χ1) is 8.22. The van der Waals surface area contributed by atoms with E-state index in [9.17, 15) is 4.79 Å². The zero-order chi connectivity index (χ0) is 13.6. The maximum Gasteiger partial charge on any atom is 0.358 e. The highest BCUT2D eigenvalue weighted by molar-refractivity contribution is 6.35. The Hall–Kier alpha value is -0.770. The molecule has 2 atom stereocenters. The number of carbonyl (C=O) groups is 1. The largest absolute Gasteiger partial charge is 0.457 e. The Bertz CT molecular complexity index is 464. The van der Waals surface area contributed by atoms with Crippen molar-refractivity contribution in [3.05, 3.63) is 34.9 Å². The van der Waals surface area contributed by atoms with Crippen molar-refractivity contribution in [2.75, 3.05) is 0 Å². The molecule has 2 rings (SSSR count). The monoisotopic (exact) mass is 288 g/mol. The second-order valence-corrected chi connectivity index (χ2v) is 6.19. The Morgan fingerprint density at radius 1 is 1.33 bits per heavy atom. The summed E-state index contributed by atoms with van der Waals surface area (Å²) in [5, 5.41) is -0.780. The van der Waals surface area contributed by atoms with E-state index < -0.39 is 22.7 Å².